The maximum Gasteiger partial charge on any atom is 0.0992 e. The highest BCUT2D eigenvalue weighted by atomic mass is 16.3. The van der Waals surface area contributed by atoms with E-state index in [2.05, 4.69) is 12.2 Å². The number of aliphatic hydroxyl groups excluding tert-OH is 1. The summed E-state index contributed by atoms with van der Waals surface area (Å²) in [6.45, 7) is 5.60. The van der Waals surface area contributed by atoms with Crippen LogP contribution in [0.4, 0.5) is 0 Å². The minimum absolute atomic E-state index is 0.238. The standard InChI is InChI=1S/C16H27NO2/c1-3-7-14(10-11-18)12-17-13-16(2,19)15-8-5-4-6-9-15/h4-6,8-9,14,17-19H,3,7,10-13H2,1-2H3. The Morgan fingerprint density at radius 3 is 2.47 bits per heavy atom. The first-order valence-electron chi connectivity index (χ1n) is 7.19. The molecule has 19 heavy (non-hydrogen) atoms. The summed E-state index contributed by atoms with van der Waals surface area (Å²) in [5.41, 5.74) is 0.0775. The van der Waals surface area contributed by atoms with Crippen molar-refractivity contribution in [2.24, 2.45) is 5.92 Å². The van der Waals surface area contributed by atoms with Crippen LogP contribution in [0.2, 0.25) is 0 Å². The van der Waals surface area contributed by atoms with Crippen molar-refractivity contribution < 1.29 is 10.2 Å². The molecule has 3 N–H and O–H groups in total. The molecular weight excluding hydrogens is 238 g/mol. The third kappa shape index (κ3) is 5.72. The third-order valence-corrected chi connectivity index (χ3v) is 3.53. The van der Waals surface area contributed by atoms with Crippen molar-refractivity contribution in [3.05, 3.63) is 35.9 Å². The molecule has 0 aliphatic heterocycles. The zero-order valence-electron chi connectivity index (χ0n) is 12.1. The molecule has 3 heteroatoms. The molecule has 3 nitrogen and oxygen atoms in total. The van der Waals surface area contributed by atoms with E-state index in [0.29, 0.717) is 12.5 Å². The lowest BCUT2D eigenvalue weighted by Gasteiger charge is -2.26. The van der Waals surface area contributed by atoms with Gasteiger partial charge in [-0.25, -0.2) is 0 Å². The highest BCUT2D eigenvalue weighted by Gasteiger charge is 2.22. The van der Waals surface area contributed by atoms with Gasteiger partial charge in [-0.1, -0.05) is 43.7 Å². The second-order valence-corrected chi connectivity index (χ2v) is 5.44. The van der Waals surface area contributed by atoms with E-state index in [1.807, 2.05) is 37.3 Å². The van der Waals surface area contributed by atoms with Crippen molar-refractivity contribution >= 4 is 0 Å². The van der Waals surface area contributed by atoms with Crippen LogP contribution in [-0.2, 0) is 5.60 Å². The highest BCUT2D eigenvalue weighted by molar-refractivity contribution is 5.21. The van der Waals surface area contributed by atoms with Crippen molar-refractivity contribution in [2.75, 3.05) is 19.7 Å². The molecule has 0 aliphatic rings. The first-order valence-corrected chi connectivity index (χ1v) is 7.19. The van der Waals surface area contributed by atoms with Crippen LogP contribution in [0, 0.1) is 5.92 Å². The topological polar surface area (TPSA) is 52.5 Å². The highest BCUT2D eigenvalue weighted by Crippen LogP contribution is 2.19. The number of hydrogen-bond acceptors (Lipinski definition) is 3. The summed E-state index contributed by atoms with van der Waals surface area (Å²) in [4.78, 5) is 0. The van der Waals surface area contributed by atoms with Gasteiger partial charge >= 0.3 is 0 Å². The Morgan fingerprint density at radius 1 is 1.21 bits per heavy atom. The molecule has 0 spiro atoms. The number of nitrogens with one attached hydrogen (secondary N) is 1. The number of rotatable bonds is 9. The summed E-state index contributed by atoms with van der Waals surface area (Å²) < 4.78 is 0. The van der Waals surface area contributed by atoms with Gasteiger partial charge in [0.25, 0.3) is 0 Å². The first-order chi connectivity index (χ1) is 9.10. The Labute approximate surface area is 116 Å². The molecule has 0 fully saturated rings. The van der Waals surface area contributed by atoms with E-state index in [1.54, 1.807) is 0 Å². The van der Waals surface area contributed by atoms with Gasteiger partial charge in [-0.3, -0.25) is 0 Å². The molecule has 1 aromatic carbocycles. The summed E-state index contributed by atoms with van der Waals surface area (Å²) in [5.74, 6) is 0.488. The van der Waals surface area contributed by atoms with E-state index in [4.69, 9.17) is 5.11 Å². The Balaban J connectivity index is 2.42. The quantitative estimate of drug-likeness (QED) is 0.642. The second kappa shape index (κ2) is 8.31. The van der Waals surface area contributed by atoms with E-state index in [1.165, 1.54) is 0 Å². The van der Waals surface area contributed by atoms with E-state index >= 15 is 0 Å². The fourth-order valence-corrected chi connectivity index (χ4v) is 2.36. The number of benzene rings is 1. The summed E-state index contributed by atoms with van der Waals surface area (Å²) in [7, 11) is 0. The molecule has 0 amide bonds. The molecule has 2 unspecified atom stereocenters. The molecule has 0 heterocycles. The van der Waals surface area contributed by atoms with E-state index < -0.39 is 5.60 Å². The van der Waals surface area contributed by atoms with Crippen LogP contribution < -0.4 is 5.32 Å². The molecule has 1 aromatic rings. The first kappa shape index (κ1) is 16.2. The molecule has 0 radical (unpaired) electrons. The summed E-state index contributed by atoms with van der Waals surface area (Å²) in [5, 5.41) is 22.8. The molecule has 0 bridgehead atoms. The van der Waals surface area contributed by atoms with E-state index in [-0.39, 0.29) is 6.61 Å². The second-order valence-electron chi connectivity index (χ2n) is 5.44. The van der Waals surface area contributed by atoms with Gasteiger partial charge < -0.3 is 15.5 Å². The SMILES string of the molecule is CCCC(CCO)CNCC(C)(O)c1ccccc1. The zero-order chi connectivity index (χ0) is 14.1. The van der Waals surface area contributed by atoms with Gasteiger partial charge in [-0.05, 0) is 37.8 Å². The maximum absolute atomic E-state index is 10.4. The summed E-state index contributed by atoms with van der Waals surface area (Å²) in [6, 6.07) is 9.72. The third-order valence-electron chi connectivity index (χ3n) is 3.53. The van der Waals surface area contributed by atoms with Crippen molar-refractivity contribution in [2.45, 2.75) is 38.7 Å². The molecular formula is C16H27NO2. The normalized spacial score (nSPS) is 16.0. The molecule has 2 atom stereocenters. The van der Waals surface area contributed by atoms with Gasteiger partial charge in [0.2, 0.25) is 0 Å². The Bertz CT molecular complexity index is 332. The molecule has 0 saturated heterocycles. The minimum atomic E-state index is -0.850. The smallest absolute Gasteiger partial charge is 0.0992 e. The van der Waals surface area contributed by atoms with Crippen LogP contribution in [0.3, 0.4) is 0 Å². The maximum atomic E-state index is 10.4. The largest absolute Gasteiger partial charge is 0.396 e. The van der Waals surface area contributed by atoms with Crippen molar-refractivity contribution in [1.29, 1.82) is 0 Å². The minimum Gasteiger partial charge on any atom is -0.396 e. The van der Waals surface area contributed by atoms with E-state index in [9.17, 15) is 5.11 Å². The van der Waals surface area contributed by atoms with Crippen LogP contribution in [0.1, 0.15) is 38.7 Å². The van der Waals surface area contributed by atoms with Crippen LogP contribution >= 0.6 is 0 Å². The van der Waals surface area contributed by atoms with Crippen molar-refractivity contribution in [3.63, 3.8) is 0 Å². The molecule has 0 aliphatic carbocycles. The average Bonchev–Trinajstić information content (AvgIpc) is 2.40. The predicted octanol–water partition coefficient (Wildman–Crippen LogP) is 2.28. The van der Waals surface area contributed by atoms with Gasteiger partial charge in [-0.2, -0.15) is 0 Å². The van der Waals surface area contributed by atoms with Gasteiger partial charge in [-0.15, -0.1) is 0 Å². The van der Waals surface area contributed by atoms with Crippen molar-refractivity contribution in [1.82, 2.24) is 5.32 Å². The fraction of sp³-hybridized carbons (Fsp3) is 0.625. The lowest BCUT2D eigenvalue weighted by Crippen LogP contribution is -2.37. The number of hydrogen-bond donors (Lipinski definition) is 3. The Morgan fingerprint density at radius 2 is 1.89 bits per heavy atom. The molecule has 0 saturated carbocycles. The average molecular weight is 265 g/mol. The fourth-order valence-electron chi connectivity index (χ4n) is 2.36. The Kier molecular flexibility index (Phi) is 7.06. The Hall–Kier alpha value is -0.900. The van der Waals surface area contributed by atoms with Crippen LogP contribution in [-0.4, -0.2) is 29.9 Å². The lowest BCUT2D eigenvalue weighted by atomic mass is 9.95. The molecule has 108 valence electrons. The van der Waals surface area contributed by atoms with Gasteiger partial charge in [0, 0.05) is 13.2 Å². The monoisotopic (exact) mass is 265 g/mol. The zero-order valence-corrected chi connectivity index (χ0v) is 12.1. The van der Waals surface area contributed by atoms with E-state index in [0.717, 1.165) is 31.4 Å². The predicted molar refractivity (Wildman–Crippen MR) is 79.0 cm³/mol. The lowest BCUT2D eigenvalue weighted by molar-refractivity contribution is 0.0555. The summed E-state index contributed by atoms with van der Waals surface area (Å²) >= 11 is 0. The molecule has 0 aromatic heterocycles. The van der Waals surface area contributed by atoms with Gasteiger partial charge in [0.05, 0.1) is 5.60 Å². The van der Waals surface area contributed by atoms with Crippen LogP contribution in [0.15, 0.2) is 30.3 Å². The van der Waals surface area contributed by atoms with Gasteiger partial charge in [0.1, 0.15) is 0 Å². The summed E-state index contributed by atoms with van der Waals surface area (Å²) in [6.07, 6.45) is 3.07. The van der Waals surface area contributed by atoms with Gasteiger partial charge in [0.15, 0.2) is 0 Å². The van der Waals surface area contributed by atoms with Crippen LogP contribution in [0.5, 0.6) is 0 Å². The van der Waals surface area contributed by atoms with Crippen molar-refractivity contribution in [3.8, 4) is 0 Å². The number of aliphatic hydroxyl groups is 2. The molecule has 1 rings (SSSR count). The van der Waals surface area contributed by atoms with Crippen LogP contribution in [0.25, 0.3) is 0 Å².